The van der Waals surface area contributed by atoms with Crippen molar-refractivity contribution in [2.75, 3.05) is 50.0 Å². The van der Waals surface area contributed by atoms with Crippen molar-refractivity contribution in [2.45, 2.75) is 12.6 Å². The molecule has 2 aliphatic heterocycles. The molecule has 2 fully saturated rings. The van der Waals surface area contributed by atoms with Crippen LogP contribution in [0.5, 0.6) is 0 Å². The van der Waals surface area contributed by atoms with Crippen LogP contribution in [0.15, 0.2) is 30.5 Å². The first-order valence-electron chi connectivity index (χ1n) is 9.31. The molecule has 2 aromatic heterocycles. The summed E-state index contributed by atoms with van der Waals surface area (Å²) < 4.78 is 19.5. The van der Waals surface area contributed by atoms with Crippen LogP contribution in [0.2, 0.25) is 0 Å². The van der Waals surface area contributed by atoms with Crippen molar-refractivity contribution in [1.82, 2.24) is 20.2 Å². The Bertz CT molecular complexity index is 852. The number of hydrogen-bond acceptors (Lipinski definition) is 7. The Balaban J connectivity index is 1.34. The van der Waals surface area contributed by atoms with Gasteiger partial charge in [-0.1, -0.05) is 0 Å². The van der Waals surface area contributed by atoms with E-state index in [0.717, 1.165) is 25.2 Å². The normalized spacial score (nSPS) is 18.0. The first kappa shape index (κ1) is 18.6. The van der Waals surface area contributed by atoms with Gasteiger partial charge in [0.1, 0.15) is 11.5 Å². The number of nitrogens with two attached hydrogens (primary N) is 1. The van der Waals surface area contributed by atoms with E-state index in [1.807, 2.05) is 17.0 Å². The van der Waals surface area contributed by atoms with E-state index in [2.05, 4.69) is 20.2 Å². The van der Waals surface area contributed by atoms with E-state index < -0.39 is 5.95 Å². The van der Waals surface area contributed by atoms with Crippen molar-refractivity contribution in [3.8, 4) is 0 Å². The second-order valence-electron chi connectivity index (χ2n) is 7.07. The number of rotatable bonds is 5. The maximum atomic E-state index is 14.5. The zero-order valence-corrected chi connectivity index (χ0v) is 15.5. The summed E-state index contributed by atoms with van der Waals surface area (Å²) in [5.74, 6) is -0.480. The van der Waals surface area contributed by atoms with Crippen molar-refractivity contribution in [2.24, 2.45) is 0 Å². The number of pyridine rings is 2. The van der Waals surface area contributed by atoms with Crippen LogP contribution in [0, 0.1) is 5.95 Å². The van der Waals surface area contributed by atoms with Crippen molar-refractivity contribution >= 4 is 17.4 Å². The number of aromatic nitrogens is 2. The van der Waals surface area contributed by atoms with E-state index in [4.69, 9.17) is 10.5 Å². The molecule has 2 aliphatic rings. The van der Waals surface area contributed by atoms with E-state index >= 15 is 0 Å². The Labute approximate surface area is 162 Å². The lowest BCUT2D eigenvalue weighted by molar-refractivity contribution is -0.00356. The molecule has 0 aliphatic carbocycles. The number of nitrogens with one attached hydrogen (secondary N) is 1. The van der Waals surface area contributed by atoms with E-state index in [0.29, 0.717) is 37.8 Å². The highest BCUT2D eigenvalue weighted by atomic mass is 19.1. The summed E-state index contributed by atoms with van der Waals surface area (Å²) in [5, 5.41) is 2.77. The topological polar surface area (TPSA) is 96.6 Å². The Kier molecular flexibility index (Phi) is 5.36. The van der Waals surface area contributed by atoms with Crippen molar-refractivity contribution in [1.29, 1.82) is 0 Å². The lowest BCUT2D eigenvalue weighted by atomic mass is 10.2. The van der Waals surface area contributed by atoms with Crippen LogP contribution in [0.3, 0.4) is 0 Å². The van der Waals surface area contributed by atoms with Crippen molar-refractivity contribution < 1.29 is 13.9 Å². The molecule has 0 unspecified atom stereocenters. The van der Waals surface area contributed by atoms with Gasteiger partial charge in [-0.15, -0.1) is 0 Å². The number of halogens is 1. The van der Waals surface area contributed by atoms with Gasteiger partial charge in [-0.25, -0.2) is 9.97 Å². The molecule has 28 heavy (non-hydrogen) atoms. The lowest BCUT2D eigenvalue weighted by Crippen LogP contribution is -2.48. The van der Waals surface area contributed by atoms with Crippen molar-refractivity contribution in [3.63, 3.8) is 0 Å². The first-order chi connectivity index (χ1) is 13.6. The number of carbonyl (C=O) groups excluding carboxylic acids is 1. The smallest absolute Gasteiger partial charge is 0.270 e. The van der Waals surface area contributed by atoms with Gasteiger partial charge >= 0.3 is 0 Å². The second kappa shape index (κ2) is 8.07. The van der Waals surface area contributed by atoms with Gasteiger partial charge in [-0.3, -0.25) is 9.69 Å². The van der Waals surface area contributed by atoms with Crippen LogP contribution < -0.4 is 16.0 Å². The molecule has 3 N–H and O–H groups in total. The highest BCUT2D eigenvalue weighted by Crippen LogP contribution is 2.21. The van der Waals surface area contributed by atoms with Gasteiger partial charge in [0, 0.05) is 38.9 Å². The third kappa shape index (κ3) is 4.20. The maximum absolute atomic E-state index is 14.5. The molecule has 1 amide bonds. The SMILES string of the molecule is Nc1cc(CN2CCN(c3ccc(C(=O)NC4COC4)nc3F)CC2)ccn1. The molecule has 2 aromatic rings. The van der Waals surface area contributed by atoms with E-state index in [1.165, 1.54) is 0 Å². The highest BCUT2D eigenvalue weighted by molar-refractivity contribution is 5.92. The third-order valence-corrected chi connectivity index (χ3v) is 5.00. The van der Waals surface area contributed by atoms with Gasteiger partial charge in [0.15, 0.2) is 0 Å². The van der Waals surface area contributed by atoms with Crippen molar-refractivity contribution in [3.05, 3.63) is 47.7 Å². The minimum atomic E-state index is -0.618. The summed E-state index contributed by atoms with van der Waals surface area (Å²) in [5.41, 5.74) is 7.35. The average Bonchev–Trinajstić information content (AvgIpc) is 2.65. The number of nitrogen functional groups attached to an aromatic ring is 1. The summed E-state index contributed by atoms with van der Waals surface area (Å²) in [4.78, 5) is 24.2. The Morgan fingerprint density at radius 3 is 2.68 bits per heavy atom. The number of nitrogens with zero attached hydrogens (tertiary/aromatic N) is 4. The van der Waals surface area contributed by atoms with Crippen LogP contribution in [0.25, 0.3) is 0 Å². The molecular weight excluding hydrogens is 363 g/mol. The molecule has 0 spiro atoms. The molecule has 0 saturated carbocycles. The zero-order chi connectivity index (χ0) is 19.5. The number of amides is 1. The molecule has 0 aromatic carbocycles. The van der Waals surface area contributed by atoms with Crippen LogP contribution >= 0.6 is 0 Å². The van der Waals surface area contributed by atoms with Gasteiger partial charge in [-0.05, 0) is 29.8 Å². The second-order valence-corrected chi connectivity index (χ2v) is 7.07. The first-order valence-corrected chi connectivity index (χ1v) is 9.31. The van der Waals surface area contributed by atoms with Crippen LogP contribution in [-0.4, -0.2) is 66.2 Å². The number of hydrogen-bond donors (Lipinski definition) is 2. The quantitative estimate of drug-likeness (QED) is 0.728. The Hall–Kier alpha value is -2.78. The van der Waals surface area contributed by atoms with Gasteiger partial charge in [0.2, 0.25) is 5.95 Å². The number of ether oxygens (including phenoxy) is 1. The maximum Gasteiger partial charge on any atom is 0.270 e. The third-order valence-electron chi connectivity index (χ3n) is 5.00. The van der Waals surface area contributed by atoms with Gasteiger partial charge < -0.3 is 20.7 Å². The predicted octanol–water partition coefficient (Wildman–Crippen LogP) is 0.649. The number of piperazine rings is 1. The van der Waals surface area contributed by atoms with Crippen LogP contribution in [0.1, 0.15) is 16.1 Å². The monoisotopic (exact) mass is 386 g/mol. The predicted molar refractivity (Wildman–Crippen MR) is 102 cm³/mol. The summed E-state index contributed by atoms with van der Waals surface area (Å²) in [6, 6.07) is 7.01. The molecule has 0 atom stereocenters. The van der Waals surface area contributed by atoms with Crippen LogP contribution in [0.4, 0.5) is 15.9 Å². The van der Waals surface area contributed by atoms with E-state index in [9.17, 15) is 9.18 Å². The molecule has 4 heterocycles. The average molecular weight is 386 g/mol. The molecule has 148 valence electrons. The Morgan fingerprint density at radius 2 is 2.04 bits per heavy atom. The lowest BCUT2D eigenvalue weighted by Gasteiger charge is -2.36. The van der Waals surface area contributed by atoms with Gasteiger partial charge in [0.05, 0.1) is 24.9 Å². The van der Waals surface area contributed by atoms with Gasteiger partial charge in [-0.2, -0.15) is 4.39 Å². The number of anilines is 2. The molecular formula is C19H23FN6O2. The Morgan fingerprint density at radius 1 is 1.25 bits per heavy atom. The fourth-order valence-corrected chi connectivity index (χ4v) is 3.37. The standard InChI is InChI=1S/C19H23FN6O2/c20-18-16(2-1-15(24-18)19(27)23-14-11-28-12-14)26-7-5-25(6-8-26)10-13-3-4-22-17(21)9-13/h1-4,9,14H,5-8,10-12H2,(H2,21,22)(H,23,27). The molecule has 0 radical (unpaired) electrons. The summed E-state index contributed by atoms with van der Waals surface area (Å²) in [6.07, 6.45) is 1.71. The molecule has 4 rings (SSSR count). The molecule has 9 heteroatoms. The summed E-state index contributed by atoms with van der Waals surface area (Å²) in [6.45, 7) is 4.72. The van der Waals surface area contributed by atoms with Gasteiger partial charge in [0.25, 0.3) is 5.91 Å². The van der Waals surface area contributed by atoms with Crippen LogP contribution in [-0.2, 0) is 11.3 Å². The highest BCUT2D eigenvalue weighted by Gasteiger charge is 2.24. The zero-order valence-electron chi connectivity index (χ0n) is 15.5. The fraction of sp³-hybridized carbons (Fsp3) is 0.421. The summed E-state index contributed by atoms with van der Waals surface area (Å²) >= 11 is 0. The van der Waals surface area contributed by atoms with E-state index in [-0.39, 0.29) is 17.6 Å². The fourth-order valence-electron chi connectivity index (χ4n) is 3.37. The molecule has 2 saturated heterocycles. The number of carbonyl (C=O) groups is 1. The largest absolute Gasteiger partial charge is 0.384 e. The summed E-state index contributed by atoms with van der Waals surface area (Å²) in [7, 11) is 0. The van der Waals surface area contributed by atoms with E-state index in [1.54, 1.807) is 18.3 Å². The minimum Gasteiger partial charge on any atom is -0.384 e. The molecule has 0 bridgehead atoms. The minimum absolute atomic E-state index is 0.0131. The molecule has 8 nitrogen and oxygen atoms in total.